The molecular weight excluding hydrogens is 634 g/mol. The van der Waals surface area contributed by atoms with Gasteiger partial charge in [-0.05, 0) is 51.4 Å². The summed E-state index contributed by atoms with van der Waals surface area (Å²) in [5.41, 5.74) is 0. The molecule has 0 aliphatic carbocycles. The molecule has 0 aliphatic heterocycles. The van der Waals surface area contributed by atoms with E-state index in [2.05, 4.69) is 31.3 Å². The van der Waals surface area contributed by atoms with Gasteiger partial charge in [0.25, 0.3) is 0 Å². The number of unbranched alkanes of at least 4 members (excludes halogenated alkanes) is 28. The van der Waals surface area contributed by atoms with Crippen molar-refractivity contribution in [2.75, 3.05) is 13.2 Å². The fourth-order valence-corrected chi connectivity index (χ4v) is 6.81. The van der Waals surface area contributed by atoms with Gasteiger partial charge in [-0.2, -0.15) is 0 Å². The van der Waals surface area contributed by atoms with E-state index in [-0.39, 0.29) is 18.5 Å². The van der Waals surface area contributed by atoms with Crippen LogP contribution in [0.4, 0.5) is 0 Å². The standard InChI is InChI=1S/C45H87NO5/c1-3-5-7-9-11-13-14-15-16-17-18-23-27-31-35-39-45(50)51-40-36-32-28-24-20-19-22-26-30-34-38-44(49)46-42(41-47)43(48)37-33-29-25-21-12-10-8-6-4-2/h20,24,42-43,47-48H,3-19,21-23,25-41H2,1-2H3,(H,46,49)/b24-20-. The van der Waals surface area contributed by atoms with Crippen LogP contribution in [0.3, 0.4) is 0 Å². The second kappa shape index (κ2) is 41.4. The van der Waals surface area contributed by atoms with Crippen LogP contribution < -0.4 is 5.32 Å². The zero-order valence-corrected chi connectivity index (χ0v) is 34.1. The third-order valence-corrected chi connectivity index (χ3v) is 10.3. The van der Waals surface area contributed by atoms with Crippen LogP contribution in [0.25, 0.3) is 0 Å². The maximum atomic E-state index is 12.3. The van der Waals surface area contributed by atoms with Crippen LogP contribution in [0.5, 0.6) is 0 Å². The molecule has 0 heterocycles. The minimum Gasteiger partial charge on any atom is -0.466 e. The molecule has 0 bridgehead atoms. The Kier molecular flexibility index (Phi) is 40.2. The van der Waals surface area contributed by atoms with E-state index in [0.29, 0.717) is 25.9 Å². The van der Waals surface area contributed by atoms with Crippen molar-refractivity contribution >= 4 is 11.9 Å². The second-order valence-electron chi connectivity index (χ2n) is 15.4. The number of aliphatic hydroxyl groups excluding tert-OH is 2. The summed E-state index contributed by atoms with van der Waals surface area (Å²) >= 11 is 0. The van der Waals surface area contributed by atoms with Crippen molar-refractivity contribution in [3.8, 4) is 0 Å². The van der Waals surface area contributed by atoms with Crippen molar-refractivity contribution in [1.29, 1.82) is 0 Å². The molecule has 0 aliphatic rings. The molecule has 0 saturated carbocycles. The van der Waals surface area contributed by atoms with E-state index in [4.69, 9.17) is 4.74 Å². The van der Waals surface area contributed by atoms with Crippen LogP contribution in [0.1, 0.15) is 239 Å². The number of hydrogen-bond donors (Lipinski definition) is 3. The lowest BCUT2D eigenvalue weighted by Gasteiger charge is -2.22. The van der Waals surface area contributed by atoms with Crippen molar-refractivity contribution < 1.29 is 24.5 Å². The second-order valence-corrected chi connectivity index (χ2v) is 15.4. The van der Waals surface area contributed by atoms with Crippen LogP contribution in [0.2, 0.25) is 0 Å². The Balaban J connectivity index is 3.50. The van der Waals surface area contributed by atoms with Crippen molar-refractivity contribution in [2.45, 2.75) is 251 Å². The molecule has 2 atom stereocenters. The largest absolute Gasteiger partial charge is 0.466 e. The van der Waals surface area contributed by atoms with Crippen molar-refractivity contribution in [2.24, 2.45) is 0 Å². The van der Waals surface area contributed by atoms with Crippen LogP contribution in [-0.2, 0) is 14.3 Å². The predicted molar refractivity (Wildman–Crippen MR) is 218 cm³/mol. The van der Waals surface area contributed by atoms with E-state index in [1.165, 1.54) is 128 Å². The third-order valence-electron chi connectivity index (χ3n) is 10.3. The van der Waals surface area contributed by atoms with Gasteiger partial charge in [0.05, 0.1) is 25.4 Å². The molecule has 0 spiro atoms. The first-order valence-electron chi connectivity index (χ1n) is 22.4. The highest BCUT2D eigenvalue weighted by Gasteiger charge is 2.20. The Morgan fingerprint density at radius 3 is 1.39 bits per heavy atom. The lowest BCUT2D eigenvalue weighted by Crippen LogP contribution is -2.45. The molecule has 0 aromatic rings. The molecule has 0 saturated heterocycles. The van der Waals surface area contributed by atoms with Gasteiger partial charge < -0.3 is 20.3 Å². The smallest absolute Gasteiger partial charge is 0.305 e. The normalized spacial score (nSPS) is 12.8. The lowest BCUT2D eigenvalue weighted by atomic mass is 10.0. The number of carbonyl (C=O) groups excluding carboxylic acids is 2. The summed E-state index contributed by atoms with van der Waals surface area (Å²) in [5.74, 6) is -0.108. The number of nitrogens with one attached hydrogen (secondary N) is 1. The average Bonchev–Trinajstić information content (AvgIpc) is 3.13. The van der Waals surface area contributed by atoms with Gasteiger partial charge in [0.15, 0.2) is 0 Å². The first kappa shape index (κ1) is 49.6. The minimum absolute atomic E-state index is 0.0344. The molecule has 51 heavy (non-hydrogen) atoms. The molecule has 0 aromatic carbocycles. The number of esters is 1. The molecule has 0 radical (unpaired) electrons. The van der Waals surface area contributed by atoms with E-state index >= 15 is 0 Å². The van der Waals surface area contributed by atoms with Crippen molar-refractivity contribution in [3.63, 3.8) is 0 Å². The Morgan fingerprint density at radius 1 is 0.529 bits per heavy atom. The number of hydrogen-bond acceptors (Lipinski definition) is 5. The fraction of sp³-hybridized carbons (Fsp3) is 0.911. The van der Waals surface area contributed by atoms with E-state index in [1.807, 2.05) is 0 Å². The Bertz CT molecular complexity index is 757. The van der Waals surface area contributed by atoms with Gasteiger partial charge in [0.2, 0.25) is 5.91 Å². The van der Waals surface area contributed by atoms with Gasteiger partial charge in [-0.3, -0.25) is 9.59 Å². The summed E-state index contributed by atoms with van der Waals surface area (Å²) in [5, 5.41) is 23.0. The molecule has 2 unspecified atom stereocenters. The molecule has 302 valence electrons. The Labute approximate surface area is 317 Å². The highest BCUT2D eigenvalue weighted by molar-refractivity contribution is 5.76. The SMILES string of the molecule is CCCCCCCCCCCCCCCCCC(=O)OCCCC/C=C\CCCCCCC(=O)NC(CO)C(O)CCCCCCCCCCC. The number of rotatable bonds is 41. The molecular formula is C45H87NO5. The molecule has 0 aromatic heterocycles. The first-order chi connectivity index (χ1) is 25.0. The molecule has 6 heteroatoms. The van der Waals surface area contributed by atoms with Gasteiger partial charge in [0.1, 0.15) is 0 Å². The first-order valence-corrected chi connectivity index (χ1v) is 22.4. The number of amides is 1. The number of carbonyl (C=O) groups is 2. The summed E-state index contributed by atoms with van der Waals surface area (Å²) in [4.78, 5) is 24.3. The Hall–Kier alpha value is -1.40. The van der Waals surface area contributed by atoms with E-state index < -0.39 is 12.1 Å². The topological polar surface area (TPSA) is 95.9 Å². The molecule has 6 nitrogen and oxygen atoms in total. The molecule has 0 rings (SSSR count). The monoisotopic (exact) mass is 722 g/mol. The number of allylic oxidation sites excluding steroid dienone is 2. The lowest BCUT2D eigenvalue weighted by molar-refractivity contribution is -0.143. The van der Waals surface area contributed by atoms with E-state index in [1.54, 1.807) is 0 Å². The average molecular weight is 722 g/mol. The van der Waals surface area contributed by atoms with Gasteiger partial charge in [-0.25, -0.2) is 0 Å². The minimum atomic E-state index is -0.682. The maximum absolute atomic E-state index is 12.3. The molecule has 3 N–H and O–H groups in total. The van der Waals surface area contributed by atoms with Gasteiger partial charge in [0, 0.05) is 12.8 Å². The van der Waals surface area contributed by atoms with Gasteiger partial charge in [-0.1, -0.05) is 187 Å². The third kappa shape index (κ3) is 38.1. The van der Waals surface area contributed by atoms with E-state index in [0.717, 1.165) is 77.0 Å². The van der Waals surface area contributed by atoms with Crippen molar-refractivity contribution in [3.05, 3.63) is 12.2 Å². The van der Waals surface area contributed by atoms with Gasteiger partial charge >= 0.3 is 5.97 Å². The van der Waals surface area contributed by atoms with Crippen LogP contribution in [0.15, 0.2) is 12.2 Å². The predicted octanol–water partition coefficient (Wildman–Crippen LogP) is 12.6. The number of aliphatic hydroxyl groups is 2. The Morgan fingerprint density at radius 2 is 0.922 bits per heavy atom. The summed E-state index contributed by atoms with van der Waals surface area (Å²) in [6.07, 6.45) is 44.6. The van der Waals surface area contributed by atoms with Crippen molar-refractivity contribution in [1.82, 2.24) is 5.32 Å². The zero-order chi connectivity index (χ0) is 37.3. The summed E-state index contributed by atoms with van der Waals surface area (Å²) in [7, 11) is 0. The molecule has 0 fully saturated rings. The summed E-state index contributed by atoms with van der Waals surface area (Å²) in [6.45, 7) is 4.83. The highest BCUT2D eigenvalue weighted by atomic mass is 16.5. The summed E-state index contributed by atoms with van der Waals surface area (Å²) < 4.78 is 5.42. The van der Waals surface area contributed by atoms with E-state index in [9.17, 15) is 19.8 Å². The summed E-state index contributed by atoms with van der Waals surface area (Å²) in [6, 6.07) is -0.563. The molecule has 1 amide bonds. The van der Waals surface area contributed by atoms with Crippen LogP contribution in [0, 0.1) is 0 Å². The quantitative estimate of drug-likeness (QED) is 0.0332. The number of ether oxygens (including phenoxy) is 1. The fourth-order valence-electron chi connectivity index (χ4n) is 6.81. The van der Waals surface area contributed by atoms with Crippen LogP contribution >= 0.6 is 0 Å². The highest BCUT2D eigenvalue weighted by Crippen LogP contribution is 2.15. The zero-order valence-electron chi connectivity index (χ0n) is 34.1. The maximum Gasteiger partial charge on any atom is 0.305 e. The van der Waals surface area contributed by atoms with Crippen LogP contribution in [-0.4, -0.2) is 47.4 Å². The van der Waals surface area contributed by atoms with Gasteiger partial charge in [-0.15, -0.1) is 0 Å².